The van der Waals surface area contributed by atoms with Crippen molar-refractivity contribution in [3.63, 3.8) is 0 Å². The van der Waals surface area contributed by atoms with Gasteiger partial charge in [-0.1, -0.05) is 44.5 Å². The van der Waals surface area contributed by atoms with Gasteiger partial charge >= 0.3 is 0 Å². The van der Waals surface area contributed by atoms with Crippen LogP contribution < -0.4 is 0 Å². The molecule has 0 fully saturated rings. The van der Waals surface area contributed by atoms with E-state index < -0.39 is 14.4 Å². The van der Waals surface area contributed by atoms with E-state index in [1.54, 1.807) is 12.1 Å². The zero-order valence-corrected chi connectivity index (χ0v) is 13.6. The summed E-state index contributed by atoms with van der Waals surface area (Å²) < 4.78 is 6.00. The van der Waals surface area contributed by atoms with Crippen LogP contribution in [0.25, 0.3) is 0 Å². The van der Waals surface area contributed by atoms with Crippen molar-refractivity contribution in [2.75, 3.05) is 6.61 Å². The van der Waals surface area contributed by atoms with Crippen molar-refractivity contribution in [1.29, 1.82) is 0 Å². The third-order valence-electron chi connectivity index (χ3n) is 3.64. The highest BCUT2D eigenvalue weighted by Gasteiger charge is 2.37. The molecule has 0 heterocycles. The monoisotopic (exact) mass is 286 g/mol. The Morgan fingerprint density at radius 1 is 1.33 bits per heavy atom. The SMILES string of the molecule is CC(C)(C)[Si](C)(C)OC[C@H](O)c1cccc(Cl)c1. The van der Waals surface area contributed by atoms with E-state index in [1.165, 1.54) is 0 Å². The molecule has 2 nitrogen and oxygen atoms in total. The summed E-state index contributed by atoms with van der Waals surface area (Å²) in [7, 11) is -1.81. The van der Waals surface area contributed by atoms with Crippen LogP contribution in [0.1, 0.15) is 32.4 Å². The van der Waals surface area contributed by atoms with E-state index in [0.717, 1.165) is 5.56 Å². The van der Waals surface area contributed by atoms with E-state index >= 15 is 0 Å². The lowest BCUT2D eigenvalue weighted by atomic mass is 10.1. The first kappa shape index (κ1) is 15.7. The van der Waals surface area contributed by atoms with Gasteiger partial charge in [-0.15, -0.1) is 0 Å². The maximum atomic E-state index is 10.1. The average molecular weight is 287 g/mol. The van der Waals surface area contributed by atoms with E-state index in [1.807, 2.05) is 12.1 Å². The van der Waals surface area contributed by atoms with Crippen LogP contribution >= 0.6 is 11.6 Å². The van der Waals surface area contributed by atoms with E-state index in [0.29, 0.717) is 11.6 Å². The summed E-state index contributed by atoms with van der Waals surface area (Å²) in [5.74, 6) is 0. The van der Waals surface area contributed by atoms with Gasteiger partial charge in [-0.3, -0.25) is 0 Å². The summed E-state index contributed by atoms with van der Waals surface area (Å²) in [6, 6.07) is 7.28. The standard InChI is InChI=1S/C14H23ClO2Si/c1-14(2,3)18(4,5)17-10-13(16)11-7-6-8-12(15)9-11/h6-9,13,16H,10H2,1-5H3/t13-/m0/s1. The topological polar surface area (TPSA) is 29.5 Å². The molecule has 0 spiro atoms. The highest BCUT2D eigenvalue weighted by molar-refractivity contribution is 6.74. The van der Waals surface area contributed by atoms with Crippen LogP contribution in [0, 0.1) is 0 Å². The molecule has 1 N–H and O–H groups in total. The molecule has 1 aromatic carbocycles. The minimum atomic E-state index is -1.81. The number of hydrogen-bond donors (Lipinski definition) is 1. The van der Waals surface area contributed by atoms with Gasteiger partial charge in [0.1, 0.15) is 6.10 Å². The van der Waals surface area contributed by atoms with Crippen molar-refractivity contribution in [2.45, 2.75) is 45.0 Å². The molecule has 0 radical (unpaired) electrons. The molecular formula is C14H23ClO2Si. The average Bonchev–Trinajstić information content (AvgIpc) is 2.24. The molecular weight excluding hydrogens is 264 g/mol. The highest BCUT2D eigenvalue weighted by atomic mass is 35.5. The Morgan fingerprint density at radius 3 is 2.44 bits per heavy atom. The van der Waals surface area contributed by atoms with Gasteiger partial charge in [0.2, 0.25) is 0 Å². The lowest BCUT2D eigenvalue weighted by Gasteiger charge is -2.36. The molecule has 0 saturated heterocycles. The van der Waals surface area contributed by atoms with Gasteiger partial charge in [0.25, 0.3) is 0 Å². The lowest BCUT2D eigenvalue weighted by molar-refractivity contribution is 0.100. The Hall–Kier alpha value is -0.353. The first-order chi connectivity index (χ1) is 8.13. The fraction of sp³-hybridized carbons (Fsp3) is 0.571. The van der Waals surface area contributed by atoms with Gasteiger partial charge in [0, 0.05) is 5.02 Å². The molecule has 0 saturated carbocycles. The first-order valence-electron chi connectivity index (χ1n) is 6.21. The van der Waals surface area contributed by atoms with Crippen LogP contribution in [-0.2, 0) is 4.43 Å². The van der Waals surface area contributed by atoms with Crippen molar-refractivity contribution >= 4 is 19.9 Å². The second-order valence-corrected chi connectivity index (χ2v) is 11.4. The number of hydrogen-bond acceptors (Lipinski definition) is 2. The normalized spacial score (nSPS) is 14.6. The number of rotatable bonds is 4. The zero-order valence-electron chi connectivity index (χ0n) is 11.8. The summed E-state index contributed by atoms with van der Waals surface area (Å²) in [4.78, 5) is 0. The first-order valence-corrected chi connectivity index (χ1v) is 9.49. The van der Waals surface area contributed by atoms with Crippen molar-refractivity contribution in [3.05, 3.63) is 34.9 Å². The molecule has 1 aromatic rings. The van der Waals surface area contributed by atoms with Gasteiger partial charge in [-0.25, -0.2) is 0 Å². The molecule has 1 atom stereocenters. The Balaban J connectivity index is 2.64. The minimum absolute atomic E-state index is 0.154. The van der Waals surface area contributed by atoms with E-state index in [9.17, 15) is 5.11 Å². The second-order valence-electron chi connectivity index (χ2n) is 6.14. The number of aliphatic hydroxyl groups is 1. The second kappa shape index (κ2) is 5.74. The Morgan fingerprint density at radius 2 is 1.94 bits per heavy atom. The van der Waals surface area contributed by atoms with E-state index in [-0.39, 0.29) is 5.04 Å². The number of halogens is 1. The van der Waals surface area contributed by atoms with Gasteiger partial charge in [-0.05, 0) is 35.8 Å². The molecule has 4 heteroatoms. The van der Waals surface area contributed by atoms with Gasteiger partial charge in [0.15, 0.2) is 8.32 Å². The summed E-state index contributed by atoms with van der Waals surface area (Å²) in [6.07, 6.45) is -0.613. The lowest BCUT2D eigenvalue weighted by Crippen LogP contribution is -2.41. The summed E-state index contributed by atoms with van der Waals surface area (Å²) >= 11 is 5.91. The fourth-order valence-electron chi connectivity index (χ4n) is 1.31. The van der Waals surface area contributed by atoms with Crippen molar-refractivity contribution in [3.8, 4) is 0 Å². The summed E-state index contributed by atoms with van der Waals surface area (Å²) in [5.41, 5.74) is 0.807. The predicted molar refractivity (Wildman–Crippen MR) is 79.6 cm³/mol. The minimum Gasteiger partial charge on any atom is -0.414 e. The van der Waals surface area contributed by atoms with Crippen LogP contribution in [-0.4, -0.2) is 20.0 Å². The van der Waals surface area contributed by atoms with Crippen molar-refractivity contribution in [1.82, 2.24) is 0 Å². The van der Waals surface area contributed by atoms with Crippen molar-refractivity contribution in [2.24, 2.45) is 0 Å². The Kier molecular flexibility index (Phi) is 5.01. The molecule has 0 aliphatic heterocycles. The Labute approximate surface area is 116 Å². The Bertz CT molecular complexity index is 399. The molecule has 0 unspecified atom stereocenters. The van der Waals surface area contributed by atoms with Crippen LogP contribution in [0.2, 0.25) is 23.2 Å². The molecule has 0 aromatic heterocycles. The van der Waals surface area contributed by atoms with Crippen LogP contribution in [0.15, 0.2) is 24.3 Å². The predicted octanol–water partition coefficient (Wildman–Crippen LogP) is 4.40. The van der Waals surface area contributed by atoms with Crippen molar-refractivity contribution < 1.29 is 9.53 Å². The number of aliphatic hydroxyl groups excluding tert-OH is 1. The van der Waals surface area contributed by atoms with Crippen LogP contribution in [0.5, 0.6) is 0 Å². The van der Waals surface area contributed by atoms with E-state index in [2.05, 4.69) is 33.9 Å². The largest absolute Gasteiger partial charge is 0.414 e. The maximum Gasteiger partial charge on any atom is 0.192 e. The molecule has 18 heavy (non-hydrogen) atoms. The smallest absolute Gasteiger partial charge is 0.192 e. The highest BCUT2D eigenvalue weighted by Crippen LogP contribution is 2.37. The molecule has 0 amide bonds. The molecule has 102 valence electrons. The van der Waals surface area contributed by atoms with E-state index in [4.69, 9.17) is 16.0 Å². The molecule has 0 aliphatic rings. The fourth-order valence-corrected chi connectivity index (χ4v) is 2.52. The quantitative estimate of drug-likeness (QED) is 0.832. The summed E-state index contributed by atoms with van der Waals surface area (Å²) in [6.45, 7) is 11.2. The molecule has 1 rings (SSSR count). The maximum absolute atomic E-state index is 10.1. The van der Waals surface area contributed by atoms with Crippen LogP contribution in [0.4, 0.5) is 0 Å². The zero-order chi connectivity index (χ0) is 14.0. The summed E-state index contributed by atoms with van der Waals surface area (Å²) in [5, 5.41) is 10.9. The number of benzene rings is 1. The van der Waals surface area contributed by atoms with Crippen LogP contribution in [0.3, 0.4) is 0 Å². The van der Waals surface area contributed by atoms with Gasteiger partial charge < -0.3 is 9.53 Å². The van der Waals surface area contributed by atoms with Gasteiger partial charge in [0.05, 0.1) is 6.61 Å². The third kappa shape index (κ3) is 4.09. The molecule has 0 aliphatic carbocycles. The van der Waals surface area contributed by atoms with Gasteiger partial charge in [-0.2, -0.15) is 0 Å². The molecule has 0 bridgehead atoms. The third-order valence-corrected chi connectivity index (χ3v) is 8.38.